The number of aliphatic hydroxyl groups excluding tert-OH is 1. The summed E-state index contributed by atoms with van der Waals surface area (Å²) in [6.07, 6.45) is 5.59. The first-order valence-corrected chi connectivity index (χ1v) is 32.0. The molecule has 8 aromatic rings. The number of likely N-dealkylation sites (tertiary alicyclic amines) is 1. The van der Waals surface area contributed by atoms with Crippen LogP contribution in [0, 0.1) is 18.2 Å². The van der Waals surface area contributed by atoms with E-state index in [1.54, 1.807) is 47.9 Å². The van der Waals surface area contributed by atoms with Crippen molar-refractivity contribution < 1.29 is 43.3 Å². The molecule has 17 nitrogen and oxygen atoms in total. The Morgan fingerprint density at radius 3 is 2.36 bits per heavy atom. The van der Waals surface area contributed by atoms with Crippen molar-refractivity contribution >= 4 is 84.1 Å². The SMILES string of the molecule is Cc1ncsc1-c1ccc([C@H](C)NC(=O)[C@@H]2C[C@@H](O)CN2C(=O)[C@@H](NC(=O)CCCCCC(C)c2cnc(-c3ccc(OCCCc4sc(N5CCc6cccc(C(=O)Nc7nc8ccccc8s7)c6C5)nc4C(=O)O)cc3)c(F)c2)C(C)(C)C)cc1. The van der Waals surface area contributed by atoms with Crippen molar-refractivity contribution in [2.45, 2.75) is 136 Å². The fourth-order valence-electron chi connectivity index (χ4n) is 11.3. The lowest BCUT2D eigenvalue weighted by Gasteiger charge is -2.35. The Balaban J connectivity index is 0.651. The average Bonchev–Trinajstić information content (AvgIpc) is 2.62. The highest BCUT2D eigenvalue weighted by atomic mass is 32.1. The third-order valence-electron chi connectivity index (χ3n) is 16.2. The Morgan fingerprint density at radius 2 is 1.63 bits per heavy atom. The summed E-state index contributed by atoms with van der Waals surface area (Å²) in [5.74, 6) is -2.27. The van der Waals surface area contributed by atoms with E-state index in [0.29, 0.717) is 77.4 Å². The van der Waals surface area contributed by atoms with E-state index in [9.17, 15) is 34.2 Å². The summed E-state index contributed by atoms with van der Waals surface area (Å²) in [6.45, 7) is 12.8. The van der Waals surface area contributed by atoms with Gasteiger partial charge in [-0.3, -0.25) is 29.5 Å². The molecule has 6 heterocycles. The summed E-state index contributed by atoms with van der Waals surface area (Å²) < 4.78 is 22.7. The van der Waals surface area contributed by atoms with Crippen LogP contribution in [0.4, 0.5) is 14.7 Å². The van der Waals surface area contributed by atoms with Crippen molar-refractivity contribution in [2.24, 2.45) is 5.41 Å². The number of aryl methyl sites for hydroxylation is 2. The zero-order valence-corrected chi connectivity index (χ0v) is 52.1. The second kappa shape index (κ2) is 27.4. The number of rotatable bonds is 23. The summed E-state index contributed by atoms with van der Waals surface area (Å²) in [4.78, 5) is 90.5. The Kier molecular flexibility index (Phi) is 19.5. The second-order valence-electron chi connectivity index (χ2n) is 23.6. The molecule has 2 aliphatic heterocycles. The first kappa shape index (κ1) is 62.1. The number of unbranched alkanes of at least 4 members (excludes halogenated alkanes) is 2. The number of ether oxygens (including phenoxy) is 1. The van der Waals surface area contributed by atoms with Crippen LogP contribution in [-0.4, -0.2) is 103 Å². The van der Waals surface area contributed by atoms with Crippen LogP contribution in [0.2, 0.25) is 0 Å². The minimum absolute atomic E-state index is 0.00627. The zero-order chi connectivity index (χ0) is 61.5. The highest BCUT2D eigenvalue weighted by Gasteiger charge is 2.45. The van der Waals surface area contributed by atoms with Crippen molar-refractivity contribution in [3.8, 4) is 27.4 Å². The molecule has 4 amide bonds. The van der Waals surface area contributed by atoms with Gasteiger partial charge in [-0.15, -0.1) is 22.7 Å². The molecule has 1 fully saturated rings. The van der Waals surface area contributed by atoms with Gasteiger partial charge in [-0.2, -0.15) is 0 Å². The molecule has 2 aliphatic rings. The molecule has 1 unspecified atom stereocenters. The highest BCUT2D eigenvalue weighted by molar-refractivity contribution is 7.22. The second-order valence-corrected chi connectivity index (χ2v) is 26.5. The number of carboxylic acid groups (broad SMARTS) is 1. The van der Waals surface area contributed by atoms with Gasteiger partial charge < -0.3 is 35.4 Å². The Morgan fingerprint density at radius 1 is 0.862 bits per heavy atom. The number of fused-ring (bicyclic) bond motifs is 2. The first-order chi connectivity index (χ1) is 41.8. The molecular formula is C66H72FN9O8S3. The molecule has 10 rings (SSSR count). The minimum Gasteiger partial charge on any atom is -0.494 e. The number of nitrogens with one attached hydrogen (secondary N) is 3. The molecule has 87 heavy (non-hydrogen) atoms. The van der Waals surface area contributed by atoms with Gasteiger partial charge in [0, 0.05) is 54.7 Å². The van der Waals surface area contributed by atoms with Gasteiger partial charge in [0.2, 0.25) is 17.7 Å². The number of para-hydroxylation sites is 1. The van der Waals surface area contributed by atoms with Gasteiger partial charge in [0.1, 0.15) is 29.3 Å². The quantitative estimate of drug-likeness (QED) is 0.0376. The van der Waals surface area contributed by atoms with Crippen LogP contribution < -0.4 is 25.6 Å². The third kappa shape index (κ3) is 14.9. The molecular weight excluding hydrogens is 1160 g/mol. The van der Waals surface area contributed by atoms with Crippen LogP contribution >= 0.6 is 34.0 Å². The maximum Gasteiger partial charge on any atom is 0.355 e. The van der Waals surface area contributed by atoms with Crippen molar-refractivity contribution in [3.63, 3.8) is 0 Å². The number of carbonyl (C=O) groups is 5. The van der Waals surface area contributed by atoms with Crippen LogP contribution in [0.25, 0.3) is 31.9 Å². The van der Waals surface area contributed by atoms with Crippen molar-refractivity contribution in [1.29, 1.82) is 0 Å². The largest absolute Gasteiger partial charge is 0.494 e. The summed E-state index contributed by atoms with van der Waals surface area (Å²) in [7, 11) is 0. The summed E-state index contributed by atoms with van der Waals surface area (Å²) in [5.41, 5.74) is 8.90. The van der Waals surface area contributed by atoms with Crippen LogP contribution in [-0.2, 0) is 33.8 Å². The number of carboxylic acids is 1. The predicted molar refractivity (Wildman–Crippen MR) is 339 cm³/mol. The summed E-state index contributed by atoms with van der Waals surface area (Å²) in [6, 6.07) is 27.7. The average molecular weight is 1230 g/mol. The number of aliphatic hydroxyl groups is 1. The molecule has 0 bridgehead atoms. The van der Waals surface area contributed by atoms with Gasteiger partial charge in [-0.1, -0.05) is 100 Å². The molecule has 0 saturated carbocycles. The number of anilines is 2. The van der Waals surface area contributed by atoms with E-state index in [1.165, 1.54) is 33.6 Å². The van der Waals surface area contributed by atoms with Gasteiger partial charge in [0.15, 0.2) is 16.0 Å². The molecule has 5 N–H and O–H groups in total. The fraction of sp³-hybridized carbons (Fsp3) is 0.379. The maximum atomic E-state index is 15.7. The molecule has 0 aliphatic carbocycles. The fourth-order valence-corrected chi connectivity index (χ4v) is 14.0. The normalized spacial score (nSPS) is 16.0. The molecule has 21 heteroatoms. The molecule has 4 aromatic carbocycles. The van der Waals surface area contributed by atoms with E-state index >= 15 is 4.39 Å². The van der Waals surface area contributed by atoms with Crippen LogP contribution in [0.3, 0.4) is 0 Å². The molecule has 0 radical (unpaired) electrons. The number of β-amino-alcohol motifs (C(OH)–C–C–N with tert-alkyl or cyclic N) is 1. The smallest absolute Gasteiger partial charge is 0.355 e. The lowest BCUT2D eigenvalue weighted by atomic mass is 9.85. The lowest BCUT2D eigenvalue weighted by Crippen LogP contribution is -2.57. The number of pyridine rings is 1. The number of aromatic nitrogens is 4. The van der Waals surface area contributed by atoms with Crippen molar-refractivity contribution in [1.82, 2.24) is 35.5 Å². The summed E-state index contributed by atoms with van der Waals surface area (Å²) in [5, 5.41) is 30.9. The monoisotopic (exact) mass is 1230 g/mol. The van der Waals surface area contributed by atoms with E-state index in [-0.39, 0.29) is 60.5 Å². The number of benzene rings is 4. The van der Waals surface area contributed by atoms with Crippen LogP contribution in [0.15, 0.2) is 109 Å². The van der Waals surface area contributed by atoms with Gasteiger partial charge in [0.05, 0.1) is 45.1 Å². The molecule has 1 saturated heterocycles. The van der Waals surface area contributed by atoms with Crippen molar-refractivity contribution in [2.75, 3.05) is 29.9 Å². The van der Waals surface area contributed by atoms with Gasteiger partial charge in [-0.25, -0.2) is 24.1 Å². The zero-order valence-electron chi connectivity index (χ0n) is 49.6. The Labute approximate surface area is 517 Å². The van der Waals surface area contributed by atoms with E-state index in [1.807, 2.05) is 113 Å². The van der Waals surface area contributed by atoms with E-state index in [4.69, 9.17) is 4.74 Å². The number of carbonyl (C=O) groups excluding carboxylic acids is 4. The highest BCUT2D eigenvalue weighted by Crippen LogP contribution is 2.36. The number of aromatic carboxylic acids is 1. The molecule has 454 valence electrons. The maximum absolute atomic E-state index is 15.7. The first-order valence-electron chi connectivity index (χ1n) is 29.5. The van der Waals surface area contributed by atoms with Gasteiger partial charge in [0.25, 0.3) is 5.91 Å². The molecule has 0 spiro atoms. The lowest BCUT2D eigenvalue weighted by molar-refractivity contribution is -0.144. The van der Waals surface area contributed by atoms with Gasteiger partial charge in [-0.05, 0) is 134 Å². The number of hydrogen-bond donors (Lipinski definition) is 5. The number of halogens is 1. The van der Waals surface area contributed by atoms with Gasteiger partial charge >= 0.3 is 5.97 Å². The van der Waals surface area contributed by atoms with E-state index in [0.717, 1.165) is 67.9 Å². The van der Waals surface area contributed by atoms with Crippen molar-refractivity contribution in [3.05, 3.63) is 159 Å². The number of nitrogens with zero attached hydrogens (tertiary/aromatic N) is 6. The standard InChI is InChI=1S/C66H72FN9O8S3/c1-38(14-8-7-9-20-55(78)72-59(66(4,5)6)62(81)76-35-46(77)33-52(76)61(80)70-39(2)41-21-23-44(24-22-41)58-40(3)69-37-85-58)45-32-50(67)56(68-34-45)43-25-27-47(28-26-43)84-31-13-19-54-57(63(82)83)73-65(87-54)75-30-29-42-15-12-16-48(49(42)36-75)60(79)74-64-71-51-17-10-11-18-53(51)86-64/h10-12,15-18,21-28,32,34,37-39,46,52,59,77H,7-9,13-14,19-20,29-31,33,35-36H2,1-6H3,(H,70,80)(H,72,78)(H,82,83)(H,71,74,79)/t38?,39-,46+,52-,59+/m0/s1. The van der Waals surface area contributed by atoms with E-state index < -0.39 is 41.3 Å². The number of hydrogen-bond acceptors (Lipinski definition) is 15. The number of thiazole rings is 3. The minimum atomic E-state index is -1.11. The molecule has 5 atom stereocenters. The van der Waals surface area contributed by atoms with Crippen LogP contribution in [0.1, 0.15) is 145 Å². The predicted octanol–water partition coefficient (Wildman–Crippen LogP) is 12.3. The summed E-state index contributed by atoms with van der Waals surface area (Å²) >= 11 is 4.33. The topological polar surface area (TPSA) is 229 Å². The Hall–Kier alpha value is -7.98. The third-order valence-corrected chi connectivity index (χ3v) is 19.3. The van der Waals surface area contributed by atoms with E-state index in [2.05, 4.69) is 35.9 Å². The number of amides is 4. The molecule has 4 aromatic heterocycles. The Bertz CT molecular complexity index is 3750. The van der Waals surface area contributed by atoms with Crippen LogP contribution in [0.5, 0.6) is 5.75 Å².